The number of hydrogen-bond donors (Lipinski definition) is 3. The summed E-state index contributed by atoms with van der Waals surface area (Å²) < 4.78 is 0. The van der Waals surface area contributed by atoms with Crippen LogP contribution in [0.25, 0.3) is 0 Å². The zero-order valence-corrected chi connectivity index (χ0v) is 6.63. The minimum atomic E-state index is -0.793. The molecular weight excluding hydrogens is 144 g/mol. The van der Waals surface area contributed by atoms with Gasteiger partial charge >= 0.3 is 5.97 Å². The summed E-state index contributed by atoms with van der Waals surface area (Å²) in [5, 5.41) is 14.7. The Balaban J connectivity index is 2.23. The van der Waals surface area contributed by atoms with Crippen LogP contribution in [0.15, 0.2) is 0 Å². The molecule has 11 heavy (non-hydrogen) atoms. The van der Waals surface area contributed by atoms with E-state index in [2.05, 4.69) is 10.6 Å². The minimum Gasteiger partial charge on any atom is -0.480 e. The molecule has 2 atom stereocenters. The van der Waals surface area contributed by atoms with Crippen molar-refractivity contribution in [1.82, 2.24) is 10.6 Å². The van der Waals surface area contributed by atoms with Crippen LogP contribution in [-0.4, -0.2) is 29.8 Å². The van der Waals surface area contributed by atoms with Gasteiger partial charge in [-0.1, -0.05) is 0 Å². The van der Waals surface area contributed by atoms with E-state index < -0.39 is 12.0 Å². The maximum Gasteiger partial charge on any atom is 0.320 e. The van der Waals surface area contributed by atoms with Crippen LogP contribution in [-0.2, 0) is 4.79 Å². The lowest BCUT2D eigenvalue weighted by Crippen LogP contribution is -2.45. The van der Waals surface area contributed by atoms with E-state index in [0.29, 0.717) is 0 Å². The van der Waals surface area contributed by atoms with Crippen molar-refractivity contribution in [2.75, 3.05) is 6.54 Å². The minimum absolute atomic E-state index is 0.195. The van der Waals surface area contributed by atoms with Crippen LogP contribution in [0.2, 0.25) is 0 Å². The van der Waals surface area contributed by atoms with Gasteiger partial charge in [0.05, 0.1) is 6.17 Å². The summed E-state index contributed by atoms with van der Waals surface area (Å²) in [7, 11) is 0. The van der Waals surface area contributed by atoms with E-state index in [0.717, 1.165) is 19.4 Å². The van der Waals surface area contributed by atoms with Crippen molar-refractivity contribution < 1.29 is 9.90 Å². The highest BCUT2D eigenvalue weighted by atomic mass is 16.4. The van der Waals surface area contributed by atoms with Gasteiger partial charge in [0.2, 0.25) is 0 Å². The maximum absolute atomic E-state index is 10.4. The lowest BCUT2D eigenvalue weighted by atomic mass is 10.3. The summed E-state index contributed by atoms with van der Waals surface area (Å²) in [5.41, 5.74) is 0. The first-order valence-electron chi connectivity index (χ1n) is 3.92. The molecule has 0 aliphatic carbocycles. The van der Waals surface area contributed by atoms with Crippen LogP contribution in [0.4, 0.5) is 0 Å². The Kier molecular flexibility index (Phi) is 2.84. The molecule has 3 N–H and O–H groups in total. The lowest BCUT2D eigenvalue weighted by Gasteiger charge is -2.15. The summed E-state index contributed by atoms with van der Waals surface area (Å²) in [4.78, 5) is 10.4. The molecule has 1 rings (SSSR count). The summed E-state index contributed by atoms with van der Waals surface area (Å²) >= 11 is 0. The summed E-state index contributed by atoms with van der Waals surface area (Å²) in [6, 6.07) is -0.453. The van der Waals surface area contributed by atoms with E-state index in [9.17, 15) is 4.79 Å². The molecule has 0 saturated carbocycles. The average molecular weight is 158 g/mol. The molecule has 1 heterocycles. The quantitative estimate of drug-likeness (QED) is 0.530. The van der Waals surface area contributed by atoms with E-state index in [1.54, 1.807) is 6.92 Å². The zero-order valence-electron chi connectivity index (χ0n) is 6.63. The second-order valence-corrected chi connectivity index (χ2v) is 2.88. The van der Waals surface area contributed by atoms with Crippen LogP contribution in [0.1, 0.15) is 19.8 Å². The third-order valence-electron chi connectivity index (χ3n) is 1.88. The van der Waals surface area contributed by atoms with Crippen molar-refractivity contribution in [2.45, 2.75) is 32.0 Å². The third-order valence-corrected chi connectivity index (χ3v) is 1.88. The predicted octanol–water partition coefficient (Wildman–Crippen LogP) is -0.241. The van der Waals surface area contributed by atoms with Crippen molar-refractivity contribution in [3.05, 3.63) is 0 Å². The van der Waals surface area contributed by atoms with Crippen LogP contribution in [0.5, 0.6) is 0 Å². The predicted molar refractivity (Wildman–Crippen MR) is 41.3 cm³/mol. The van der Waals surface area contributed by atoms with Gasteiger partial charge in [-0.15, -0.1) is 0 Å². The Labute approximate surface area is 66.0 Å². The molecular formula is C7H14N2O2. The number of hydrogen-bond acceptors (Lipinski definition) is 3. The van der Waals surface area contributed by atoms with Crippen molar-refractivity contribution in [3.8, 4) is 0 Å². The fraction of sp³-hybridized carbons (Fsp3) is 0.857. The van der Waals surface area contributed by atoms with Crippen molar-refractivity contribution in [3.63, 3.8) is 0 Å². The first-order valence-corrected chi connectivity index (χ1v) is 3.92. The van der Waals surface area contributed by atoms with Gasteiger partial charge in [-0.25, -0.2) is 0 Å². The maximum atomic E-state index is 10.4. The highest BCUT2D eigenvalue weighted by molar-refractivity contribution is 5.72. The number of rotatable bonds is 3. The molecule has 1 fully saturated rings. The molecule has 0 aromatic rings. The Morgan fingerprint density at radius 1 is 1.82 bits per heavy atom. The van der Waals surface area contributed by atoms with Crippen LogP contribution < -0.4 is 10.6 Å². The summed E-state index contributed by atoms with van der Waals surface area (Å²) in [6.45, 7) is 2.65. The van der Waals surface area contributed by atoms with Crippen molar-refractivity contribution in [1.29, 1.82) is 0 Å². The first-order chi connectivity index (χ1) is 5.20. The molecule has 64 valence electrons. The normalized spacial score (nSPS) is 26.8. The Morgan fingerprint density at radius 2 is 2.55 bits per heavy atom. The monoisotopic (exact) mass is 158 g/mol. The molecule has 2 unspecified atom stereocenters. The second-order valence-electron chi connectivity index (χ2n) is 2.88. The van der Waals surface area contributed by atoms with Gasteiger partial charge in [0, 0.05) is 0 Å². The second kappa shape index (κ2) is 3.69. The molecule has 0 aromatic carbocycles. The lowest BCUT2D eigenvalue weighted by molar-refractivity contribution is -0.139. The molecule has 0 spiro atoms. The zero-order chi connectivity index (χ0) is 8.27. The number of aliphatic carboxylic acids is 1. The van der Waals surface area contributed by atoms with Crippen LogP contribution >= 0.6 is 0 Å². The van der Waals surface area contributed by atoms with Crippen LogP contribution in [0.3, 0.4) is 0 Å². The van der Waals surface area contributed by atoms with E-state index in [1.807, 2.05) is 0 Å². The molecule has 4 nitrogen and oxygen atoms in total. The number of carboxylic acid groups (broad SMARTS) is 1. The van der Waals surface area contributed by atoms with Gasteiger partial charge in [0.15, 0.2) is 0 Å². The number of carbonyl (C=O) groups is 1. The van der Waals surface area contributed by atoms with Gasteiger partial charge in [-0.2, -0.15) is 0 Å². The number of carboxylic acids is 1. The van der Waals surface area contributed by atoms with Gasteiger partial charge in [0.1, 0.15) is 6.04 Å². The van der Waals surface area contributed by atoms with Gasteiger partial charge in [-0.3, -0.25) is 10.1 Å². The molecule has 0 radical (unpaired) electrons. The first kappa shape index (κ1) is 8.49. The Morgan fingerprint density at radius 3 is 3.00 bits per heavy atom. The van der Waals surface area contributed by atoms with Gasteiger partial charge < -0.3 is 10.4 Å². The highest BCUT2D eigenvalue weighted by Crippen LogP contribution is 2.02. The Bertz CT molecular complexity index is 143. The molecule has 1 aliphatic heterocycles. The fourth-order valence-electron chi connectivity index (χ4n) is 1.20. The molecule has 0 aromatic heterocycles. The molecule has 0 amide bonds. The van der Waals surface area contributed by atoms with Crippen molar-refractivity contribution in [2.24, 2.45) is 0 Å². The standard InChI is InChI=1S/C7H14N2O2/c1-5(7(10)11)9-6-3-2-4-8-6/h5-6,8-9H,2-4H2,1H3,(H,10,11). The van der Waals surface area contributed by atoms with E-state index in [4.69, 9.17) is 5.11 Å². The molecule has 1 aliphatic rings. The third kappa shape index (κ3) is 2.48. The molecule has 4 heteroatoms. The average Bonchev–Trinajstić information content (AvgIpc) is 2.39. The van der Waals surface area contributed by atoms with E-state index >= 15 is 0 Å². The van der Waals surface area contributed by atoms with Crippen LogP contribution in [0, 0.1) is 0 Å². The molecule has 1 saturated heterocycles. The van der Waals surface area contributed by atoms with E-state index in [1.165, 1.54) is 0 Å². The fourth-order valence-corrected chi connectivity index (χ4v) is 1.20. The smallest absolute Gasteiger partial charge is 0.320 e. The topological polar surface area (TPSA) is 61.4 Å². The van der Waals surface area contributed by atoms with Gasteiger partial charge in [-0.05, 0) is 26.3 Å². The number of nitrogens with one attached hydrogen (secondary N) is 2. The molecule has 0 bridgehead atoms. The van der Waals surface area contributed by atoms with Gasteiger partial charge in [0.25, 0.3) is 0 Å². The SMILES string of the molecule is CC(NC1CCCN1)C(=O)O. The summed E-state index contributed by atoms with van der Waals surface area (Å²) in [5.74, 6) is -0.793. The summed E-state index contributed by atoms with van der Waals surface area (Å²) in [6.07, 6.45) is 2.35. The van der Waals surface area contributed by atoms with E-state index in [-0.39, 0.29) is 6.17 Å². The van der Waals surface area contributed by atoms with Crippen molar-refractivity contribution >= 4 is 5.97 Å². The largest absolute Gasteiger partial charge is 0.480 e. The highest BCUT2D eigenvalue weighted by Gasteiger charge is 2.18. The Hall–Kier alpha value is -0.610.